The molecule has 0 radical (unpaired) electrons. The number of carbonyl (C=O) groups is 3. The summed E-state index contributed by atoms with van der Waals surface area (Å²) in [6.07, 6.45) is 2.55. The zero-order chi connectivity index (χ0) is 14.0. The first-order valence-corrected chi connectivity index (χ1v) is 6.20. The predicted octanol–water partition coefficient (Wildman–Crippen LogP) is 0.741. The second kappa shape index (κ2) is 5.42. The van der Waals surface area contributed by atoms with E-state index in [4.69, 9.17) is 14.2 Å². The van der Waals surface area contributed by atoms with Crippen molar-refractivity contribution >= 4 is 17.9 Å². The summed E-state index contributed by atoms with van der Waals surface area (Å²) in [5.74, 6) is -1.85. The van der Waals surface area contributed by atoms with E-state index in [1.807, 2.05) is 6.08 Å². The molecule has 0 aromatic rings. The fourth-order valence-corrected chi connectivity index (χ4v) is 2.44. The highest BCUT2D eigenvalue weighted by atomic mass is 16.6. The van der Waals surface area contributed by atoms with Crippen molar-refractivity contribution in [1.29, 1.82) is 0 Å². The Kier molecular flexibility index (Phi) is 3.87. The number of hydrogen-bond acceptors (Lipinski definition) is 6. The van der Waals surface area contributed by atoms with Crippen LogP contribution in [0, 0.1) is 5.92 Å². The highest BCUT2D eigenvalue weighted by Crippen LogP contribution is 2.33. The normalized spacial score (nSPS) is 34.7. The molecule has 1 fully saturated rings. The van der Waals surface area contributed by atoms with Crippen LogP contribution in [0.1, 0.15) is 26.7 Å². The van der Waals surface area contributed by atoms with Gasteiger partial charge in [0.15, 0.2) is 18.3 Å². The summed E-state index contributed by atoms with van der Waals surface area (Å²) in [5, 5.41) is 0. The van der Waals surface area contributed by atoms with E-state index < -0.39 is 42.1 Å². The smallest absolute Gasteiger partial charge is 0.313 e. The van der Waals surface area contributed by atoms with Crippen molar-refractivity contribution in [3.8, 4) is 0 Å². The van der Waals surface area contributed by atoms with E-state index >= 15 is 0 Å². The molecule has 104 valence electrons. The van der Waals surface area contributed by atoms with Crippen LogP contribution in [0.25, 0.3) is 0 Å². The van der Waals surface area contributed by atoms with Crippen LogP contribution in [0.3, 0.4) is 0 Å². The van der Waals surface area contributed by atoms with Crippen LogP contribution in [0.4, 0.5) is 0 Å². The van der Waals surface area contributed by atoms with Gasteiger partial charge in [-0.25, -0.2) is 0 Å². The van der Waals surface area contributed by atoms with Crippen LogP contribution >= 0.6 is 0 Å². The van der Waals surface area contributed by atoms with E-state index in [-0.39, 0.29) is 0 Å². The van der Waals surface area contributed by atoms with Gasteiger partial charge in [-0.1, -0.05) is 6.08 Å². The minimum atomic E-state index is -0.762. The van der Waals surface area contributed by atoms with Gasteiger partial charge in [-0.05, 0) is 18.9 Å². The second-order valence-electron chi connectivity index (χ2n) is 4.66. The Hall–Kier alpha value is -1.85. The van der Waals surface area contributed by atoms with Crippen LogP contribution < -0.4 is 0 Å². The van der Waals surface area contributed by atoms with Gasteiger partial charge >= 0.3 is 17.9 Å². The van der Waals surface area contributed by atoms with Crippen LogP contribution in [-0.4, -0.2) is 36.2 Å². The first kappa shape index (κ1) is 13.6. The van der Waals surface area contributed by atoms with Crippen molar-refractivity contribution in [1.82, 2.24) is 0 Å². The van der Waals surface area contributed by atoms with E-state index in [0.717, 1.165) is 0 Å². The predicted molar refractivity (Wildman–Crippen MR) is 62.9 cm³/mol. The molecule has 2 aliphatic rings. The maximum atomic E-state index is 11.8. The largest absolute Gasteiger partial charge is 0.458 e. The molecule has 2 rings (SSSR count). The molecule has 6 nitrogen and oxygen atoms in total. The maximum Gasteiger partial charge on any atom is 0.313 e. The van der Waals surface area contributed by atoms with E-state index in [0.29, 0.717) is 12.8 Å². The molecule has 0 aromatic carbocycles. The molecule has 1 aliphatic heterocycles. The summed E-state index contributed by atoms with van der Waals surface area (Å²) in [5.41, 5.74) is 0. The summed E-state index contributed by atoms with van der Waals surface area (Å²) in [4.78, 5) is 34.0. The Bertz CT molecular complexity index is 427. The fourth-order valence-electron chi connectivity index (χ4n) is 2.44. The number of carbonyl (C=O) groups excluding carboxylic acids is 3. The third-order valence-corrected chi connectivity index (χ3v) is 3.17. The monoisotopic (exact) mass is 268 g/mol. The van der Waals surface area contributed by atoms with Gasteiger partial charge in [-0.3, -0.25) is 14.4 Å². The Balaban J connectivity index is 2.26. The molecule has 0 saturated carbocycles. The molecule has 0 unspecified atom stereocenters. The lowest BCUT2D eigenvalue weighted by atomic mass is 9.91. The summed E-state index contributed by atoms with van der Waals surface area (Å²) in [6.45, 7) is 2.56. The minimum Gasteiger partial charge on any atom is -0.458 e. The molecular formula is C13H16O6. The molecule has 4 atom stereocenters. The molecule has 0 aromatic heterocycles. The number of esters is 3. The Morgan fingerprint density at radius 1 is 1.26 bits per heavy atom. The zero-order valence-corrected chi connectivity index (χ0v) is 10.8. The highest BCUT2D eigenvalue weighted by Gasteiger charge is 2.51. The Morgan fingerprint density at radius 2 is 1.95 bits per heavy atom. The summed E-state index contributed by atoms with van der Waals surface area (Å²) >= 11 is 0. The van der Waals surface area contributed by atoms with Crippen LogP contribution in [0.5, 0.6) is 0 Å². The van der Waals surface area contributed by atoms with Crippen molar-refractivity contribution in [2.75, 3.05) is 0 Å². The third kappa shape index (κ3) is 2.94. The van der Waals surface area contributed by atoms with Crippen molar-refractivity contribution < 1.29 is 28.6 Å². The van der Waals surface area contributed by atoms with Crippen molar-refractivity contribution in [2.24, 2.45) is 5.92 Å². The number of fused-ring (bicyclic) bond motifs is 2. The van der Waals surface area contributed by atoms with Gasteiger partial charge < -0.3 is 14.2 Å². The Morgan fingerprint density at radius 3 is 2.58 bits per heavy atom. The van der Waals surface area contributed by atoms with Crippen molar-refractivity contribution in [2.45, 2.75) is 45.0 Å². The molecule has 1 heterocycles. The zero-order valence-electron chi connectivity index (χ0n) is 10.8. The van der Waals surface area contributed by atoms with E-state index in [9.17, 15) is 14.4 Å². The number of rotatable bonds is 2. The summed E-state index contributed by atoms with van der Waals surface area (Å²) in [6, 6.07) is 0. The topological polar surface area (TPSA) is 78.9 Å². The second-order valence-corrected chi connectivity index (χ2v) is 4.66. The van der Waals surface area contributed by atoms with Crippen LogP contribution in [0.2, 0.25) is 0 Å². The van der Waals surface area contributed by atoms with Gasteiger partial charge in [-0.2, -0.15) is 0 Å². The molecule has 0 amide bonds. The molecule has 19 heavy (non-hydrogen) atoms. The van der Waals surface area contributed by atoms with Gasteiger partial charge in [0.25, 0.3) is 0 Å². The third-order valence-electron chi connectivity index (χ3n) is 3.17. The van der Waals surface area contributed by atoms with Crippen LogP contribution in [-0.2, 0) is 28.6 Å². The Labute approximate surface area is 110 Å². The maximum absolute atomic E-state index is 11.8. The van der Waals surface area contributed by atoms with E-state index in [1.165, 1.54) is 13.8 Å². The van der Waals surface area contributed by atoms with Crippen molar-refractivity contribution in [3.05, 3.63) is 12.2 Å². The first-order chi connectivity index (χ1) is 8.99. The average Bonchev–Trinajstić information content (AvgIpc) is 2.61. The lowest BCUT2D eigenvalue weighted by molar-refractivity contribution is -0.163. The first-order valence-electron chi connectivity index (χ1n) is 6.20. The van der Waals surface area contributed by atoms with Crippen LogP contribution in [0.15, 0.2) is 12.2 Å². The van der Waals surface area contributed by atoms with Gasteiger partial charge in [-0.15, -0.1) is 0 Å². The summed E-state index contributed by atoms with van der Waals surface area (Å²) < 4.78 is 15.5. The lowest BCUT2D eigenvalue weighted by Gasteiger charge is -2.26. The van der Waals surface area contributed by atoms with Gasteiger partial charge in [0.2, 0.25) is 0 Å². The molecular weight excluding hydrogens is 252 g/mol. The average molecular weight is 268 g/mol. The lowest BCUT2D eigenvalue weighted by Crippen LogP contribution is -2.41. The van der Waals surface area contributed by atoms with E-state index in [2.05, 4.69) is 0 Å². The SMILES string of the molecule is CC(=O)O[C@H]1[C@H]2OC(=O)[C@@H]1CC/C=C\[C@@H]2OC(C)=O. The van der Waals surface area contributed by atoms with Gasteiger partial charge in [0.1, 0.15) is 0 Å². The molecule has 2 bridgehead atoms. The molecule has 1 aliphatic carbocycles. The van der Waals surface area contributed by atoms with E-state index in [1.54, 1.807) is 6.08 Å². The van der Waals surface area contributed by atoms with Gasteiger partial charge in [0.05, 0.1) is 5.92 Å². The number of hydrogen-bond donors (Lipinski definition) is 0. The van der Waals surface area contributed by atoms with Crippen molar-refractivity contribution in [3.63, 3.8) is 0 Å². The number of allylic oxidation sites excluding steroid dienone is 1. The summed E-state index contributed by atoms with van der Waals surface area (Å²) in [7, 11) is 0. The minimum absolute atomic E-state index is 0.405. The molecule has 6 heteroatoms. The molecule has 0 spiro atoms. The van der Waals surface area contributed by atoms with Gasteiger partial charge in [0, 0.05) is 13.8 Å². The fraction of sp³-hybridized carbons (Fsp3) is 0.615. The molecule has 0 N–H and O–H groups in total. The quantitative estimate of drug-likeness (QED) is 0.417. The standard InChI is InChI=1S/C13H16O6/c1-7(14)17-10-6-4-3-5-9-11(18-8(2)15)12(10)19-13(9)16/h4,6,9-12H,3,5H2,1-2H3/b6-4-/t9-,10+,11-,12+/m1/s1. The number of ether oxygens (including phenoxy) is 3. The highest BCUT2D eigenvalue weighted by molar-refractivity contribution is 5.77. The molecule has 1 saturated heterocycles.